The van der Waals surface area contributed by atoms with Crippen molar-refractivity contribution in [3.8, 4) is 11.5 Å². The number of nitrogens with one attached hydrogen (secondary N) is 2. The van der Waals surface area contributed by atoms with Crippen molar-refractivity contribution in [1.29, 1.82) is 0 Å². The second-order valence-electron chi connectivity index (χ2n) is 5.66. The monoisotopic (exact) mass is 332 g/mol. The van der Waals surface area contributed by atoms with Gasteiger partial charge >= 0.3 is 0 Å². The Balaban J connectivity index is 1.56. The summed E-state index contributed by atoms with van der Waals surface area (Å²) in [7, 11) is 0. The minimum atomic E-state index is -0.345. The van der Waals surface area contributed by atoms with Gasteiger partial charge in [0.15, 0.2) is 0 Å². The molecule has 0 bridgehead atoms. The number of amides is 1. The Morgan fingerprint density at radius 3 is 1.96 bits per heavy atom. The summed E-state index contributed by atoms with van der Waals surface area (Å²) in [5, 5.41) is 6.07. The van der Waals surface area contributed by atoms with Gasteiger partial charge in [0.25, 0.3) is 0 Å². The number of carbonyl (C=O) groups is 1. The molecule has 0 radical (unpaired) electrons. The number of ether oxygens (including phenoxy) is 1. The average Bonchev–Trinajstić information content (AvgIpc) is 2.65. The van der Waals surface area contributed by atoms with E-state index in [0.29, 0.717) is 0 Å². The van der Waals surface area contributed by atoms with Crippen molar-refractivity contribution in [1.82, 2.24) is 0 Å². The largest absolute Gasteiger partial charge is 0.457 e. The van der Waals surface area contributed by atoms with E-state index in [2.05, 4.69) is 10.6 Å². The Morgan fingerprint density at radius 2 is 1.32 bits per heavy atom. The van der Waals surface area contributed by atoms with Gasteiger partial charge in [-0.15, -0.1) is 0 Å². The van der Waals surface area contributed by atoms with Crippen molar-refractivity contribution >= 4 is 17.3 Å². The van der Waals surface area contributed by atoms with E-state index in [1.165, 1.54) is 0 Å². The van der Waals surface area contributed by atoms with Gasteiger partial charge in [-0.3, -0.25) is 4.79 Å². The van der Waals surface area contributed by atoms with Crippen molar-refractivity contribution in [2.75, 3.05) is 10.6 Å². The molecule has 3 aromatic carbocycles. The van der Waals surface area contributed by atoms with E-state index in [4.69, 9.17) is 4.74 Å². The third-order valence-electron chi connectivity index (χ3n) is 3.65. The van der Waals surface area contributed by atoms with Gasteiger partial charge in [0.05, 0.1) is 0 Å². The van der Waals surface area contributed by atoms with Crippen LogP contribution in [0.2, 0.25) is 0 Å². The molecule has 0 spiro atoms. The number of hydrogen-bond acceptors (Lipinski definition) is 3. The molecule has 1 atom stereocenters. The van der Waals surface area contributed by atoms with Crippen molar-refractivity contribution in [3.05, 3.63) is 84.9 Å². The summed E-state index contributed by atoms with van der Waals surface area (Å²) in [4.78, 5) is 12.3. The fourth-order valence-electron chi connectivity index (χ4n) is 2.33. The second-order valence-corrected chi connectivity index (χ2v) is 5.66. The van der Waals surface area contributed by atoms with E-state index in [0.717, 1.165) is 22.9 Å². The molecule has 0 fully saturated rings. The predicted octanol–water partition coefficient (Wildman–Crippen LogP) is 4.92. The zero-order chi connectivity index (χ0) is 17.5. The van der Waals surface area contributed by atoms with Crippen LogP contribution in [0.25, 0.3) is 0 Å². The maximum absolute atomic E-state index is 12.3. The van der Waals surface area contributed by atoms with Gasteiger partial charge in [0.1, 0.15) is 17.5 Å². The van der Waals surface area contributed by atoms with E-state index >= 15 is 0 Å². The summed E-state index contributed by atoms with van der Waals surface area (Å²) in [5.74, 6) is 1.40. The smallest absolute Gasteiger partial charge is 0.246 e. The Bertz CT molecular complexity index is 802. The molecule has 1 unspecified atom stereocenters. The first-order valence-electron chi connectivity index (χ1n) is 8.16. The summed E-state index contributed by atoms with van der Waals surface area (Å²) in [6.07, 6.45) is 0. The lowest BCUT2D eigenvalue weighted by molar-refractivity contribution is -0.116. The molecule has 0 aliphatic heterocycles. The van der Waals surface area contributed by atoms with E-state index < -0.39 is 0 Å². The van der Waals surface area contributed by atoms with Crippen LogP contribution in [0.3, 0.4) is 0 Å². The number of carbonyl (C=O) groups excluding carboxylic acids is 1. The fourth-order valence-corrected chi connectivity index (χ4v) is 2.33. The predicted molar refractivity (Wildman–Crippen MR) is 101 cm³/mol. The minimum absolute atomic E-state index is 0.0967. The Labute approximate surface area is 147 Å². The molecule has 0 aliphatic rings. The molecule has 3 aromatic rings. The van der Waals surface area contributed by atoms with Crippen LogP contribution >= 0.6 is 0 Å². The van der Waals surface area contributed by atoms with Crippen LogP contribution in [0.15, 0.2) is 84.9 Å². The molecule has 25 heavy (non-hydrogen) atoms. The van der Waals surface area contributed by atoms with E-state index in [-0.39, 0.29) is 11.9 Å². The minimum Gasteiger partial charge on any atom is -0.457 e. The molecule has 1 amide bonds. The second kappa shape index (κ2) is 8.02. The molecular weight excluding hydrogens is 312 g/mol. The van der Waals surface area contributed by atoms with Gasteiger partial charge in [-0.2, -0.15) is 0 Å². The summed E-state index contributed by atoms with van der Waals surface area (Å²) >= 11 is 0. The molecular formula is C21H20N2O2. The maximum Gasteiger partial charge on any atom is 0.246 e. The standard InChI is InChI=1S/C21H20N2O2/c1-16(22-17-8-4-2-5-9-17)21(24)23-18-12-14-20(15-13-18)25-19-10-6-3-7-11-19/h2-16,22H,1H3,(H,23,24). The molecule has 4 heteroatoms. The SMILES string of the molecule is CC(Nc1ccccc1)C(=O)Nc1ccc(Oc2ccccc2)cc1. The summed E-state index contributed by atoms with van der Waals surface area (Å²) in [5.41, 5.74) is 1.64. The van der Waals surface area contributed by atoms with Gasteiger partial charge in [-0.05, 0) is 55.5 Å². The topological polar surface area (TPSA) is 50.4 Å². The number of anilines is 2. The van der Waals surface area contributed by atoms with Gasteiger partial charge in [-0.1, -0.05) is 36.4 Å². The highest BCUT2D eigenvalue weighted by Gasteiger charge is 2.12. The van der Waals surface area contributed by atoms with Gasteiger partial charge in [0.2, 0.25) is 5.91 Å². The number of rotatable bonds is 6. The first-order chi connectivity index (χ1) is 12.2. The van der Waals surface area contributed by atoms with Crippen LogP contribution in [0.5, 0.6) is 11.5 Å². The number of benzene rings is 3. The quantitative estimate of drug-likeness (QED) is 0.674. The van der Waals surface area contributed by atoms with E-state index in [1.807, 2.05) is 91.9 Å². The molecule has 0 saturated carbocycles. The molecule has 0 heterocycles. The van der Waals surface area contributed by atoms with Crippen molar-refractivity contribution in [3.63, 3.8) is 0 Å². The molecule has 0 aromatic heterocycles. The highest BCUT2D eigenvalue weighted by atomic mass is 16.5. The van der Waals surface area contributed by atoms with Crippen molar-refractivity contribution in [2.45, 2.75) is 13.0 Å². The molecule has 3 rings (SSSR count). The molecule has 0 aliphatic carbocycles. The lowest BCUT2D eigenvalue weighted by Gasteiger charge is -2.15. The average molecular weight is 332 g/mol. The summed E-state index contributed by atoms with van der Waals surface area (Å²) in [6.45, 7) is 1.83. The van der Waals surface area contributed by atoms with Crippen LogP contribution < -0.4 is 15.4 Å². The van der Waals surface area contributed by atoms with Gasteiger partial charge in [0, 0.05) is 11.4 Å². The first kappa shape index (κ1) is 16.6. The highest BCUT2D eigenvalue weighted by molar-refractivity contribution is 5.96. The Morgan fingerprint density at radius 1 is 0.760 bits per heavy atom. The van der Waals surface area contributed by atoms with Crippen LogP contribution in [-0.4, -0.2) is 11.9 Å². The van der Waals surface area contributed by atoms with Gasteiger partial charge < -0.3 is 15.4 Å². The normalized spacial score (nSPS) is 11.4. The van der Waals surface area contributed by atoms with E-state index in [9.17, 15) is 4.79 Å². The third kappa shape index (κ3) is 4.85. The molecule has 0 saturated heterocycles. The van der Waals surface area contributed by atoms with Crippen LogP contribution in [0.1, 0.15) is 6.92 Å². The first-order valence-corrected chi connectivity index (χ1v) is 8.16. The summed E-state index contributed by atoms with van der Waals surface area (Å²) < 4.78 is 5.74. The van der Waals surface area contributed by atoms with Crippen LogP contribution in [0.4, 0.5) is 11.4 Å². The molecule has 4 nitrogen and oxygen atoms in total. The Kier molecular flexibility index (Phi) is 5.32. The zero-order valence-electron chi connectivity index (χ0n) is 14.0. The van der Waals surface area contributed by atoms with Crippen LogP contribution in [0, 0.1) is 0 Å². The molecule has 126 valence electrons. The van der Waals surface area contributed by atoms with E-state index in [1.54, 1.807) is 0 Å². The van der Waals surface area contributed by atoms with Crippen molar-refractivity contribution in [2.24, 2.45) is 0 Å². The lowest BCUT2D eigenvalue weighted by atomic mass is 10.2. The zero-order valence-corrected chi connectivity index (χ0v) is 14.0. The maximum atomic E-state index is 12.3. The highest BCUT2D eigenvalue weighted by Crippen LogP contribution is 2.22. The van der Waals surface area contributed by atoms with Crippen LogP contribution in [-0.2, 0) is 4.79 Å². The lowest BCUT2D eigenvalue weighted by Crippen LogP contribution is -2.31. The summed E-state index contributed by atoms with van der Waals surface area (Å²) in [6, 6.07) is 26.2. The fraction of sp³-hybridized carbons (Fsp3) is 0.0952. The third-order valence-corrected chi connectivity index (χ3v) is 3.65. The number of hydrogen-bond donors (Lipinski definition) is 2. The number of para-hydroxylation sites is 2. The van der Waals surface area contributed by atoms with Gasteiger partial charge in [-0.25, -0.2) is 0 Å². The van der Waals surface area contributed by atoms with Crippen molar-refractivity contribution < 1.29 is 9.53 Å². The molecule has 2 N–H and O–H groups in total. The Hall–Kier alpha value is -3.27.